The van der Waals surface area contributed by atoms with Gasteiger partial charge < -0.3 is 16.2 Å². The van der Waals surface area contributed by atoms with E-state index >= 15 is 0 Å². The smallest absolute Gasteiger partial charge is 0.398 e. The van der Waals surface area contributed by atoms with Crippen LogP contribution in [0.3, 0.4) is 0 Å². The molecule has 0 saturated carbocycles. The molecule has 1 aliphatic rings. The maximum Gasteiger partial charge on any atom is 0.412 e. The predicted molar refractivity (Wildman–Crippen MR) is 80.6 cm³/mol. The molecule has 0 unspecified atom stereocenters. The Bertz CT molecular complexity index is 661. The molecule has 0 aliphatic heterocycles. The summed E-state index contributed by atoms with van der Waals surface area (Å²) in [5.74, 6) is -0.864. The van der Waals surface area contributed by atoms with Crippen LogP contribution in [0.1, 0.15) is 22.3 Å². The standard InChI is InChI=1S/C16H16N2O3/c1-2-16(9-4-3-5-10-16)12-8-6-7-11(13(12)17)14(19)21-15(18)20/h2-9H,1,10,17H2,(H2,18,20)/t16-/m1/s1. The highest BCUT2D eigenvalue weighted by Crippen LogP contribution is 2.38. The van der Waals surface area contributed by atoms with Gasteiger partial charge in [0.2, 0.25) is 0 Å². The monoisotopic (exact) mass is 284 g/mol. The number of rotatable bonds is 3. The molecule has 0 fully saturated rings. The Morgan fingerprint density at radius 2 is 2.10 bits per heavy atom. The molecule has 0 spiro atoms. The Morgan fingerprint density at radius 3 is 2.67 bits per heavy atom. The molecule has 5 heteroatoms. The van der Waals surface area contributed by atoms with Crippen LogP contribution >= 0.6 is 0 Å². The van der Waals surface area contributed by atoms with Gasteiger partial charge in [-0.2, -0.15) is 0 Å². The van der Waals surface area contributed by atoms with Crippen LogP contribution in [-0.2, 0) is 10.2 Å². The molecule has 2 rings (SSSR count). The molecule has 1 amide bonds. The number of carbonyl (C=O) groups excluding carboxylic acids is 2. The first kappa shape index (κ1) is 14.6. The zero-order valence-corrected chi connectivity index (χ0v) is 11.4. The average Bonchev–Trinajstić information content (AvgIpc) is 2.47. The van der Waals surface area contributed by atoms with E-state index in [9.17, 15) is 9.59 Å². The van der Waals surface area contributed by atoms with Gasteiger partial charge in [0.15, 0.2) is 0 Å². The second-order valence-electron chi connectivity index (χ2n) is 4.71. The second kappa shape index (κ2) is 5.66. The number of esters is 1. The van der Waals surface area contributed by atoms with E-state index in [1.54, 1.807) is 12.1 Å². The van der Waals surface area contributed by atoms with Crippen molar-refractivity contribution < 1.29 is 14.3 Å². The fraction of sp³-hybridized carbons (Fsp3) is 0.125. The summed E-state index contributed by atoms with van der Waals surface area (Å²) >= 11 is 0. The molecule has 1 aliphatic carbocycles. The van der Waals surface area contributed by atoms with Crippen LogP contribution in [0.25, 0.3) is 0 Å². The van der Waals surface area contributed by atoms with Crippen molar-refractivity contribution in [1.29, 1.82) is 0 Å². The molecule has 0 heterocycles. The zero-order chi connectivity index (χ0) is 15.5. The number of nitrogen functional groups attached to an aromatic ring is 1. The first-order chi connectivity index (χ1) is 10.00. The van der Waals surface area contributed by atoms with Gasteiger partial charge in [-0.3, -0.25) is 0 Å². The summed E-state index contributed by atoms with van der Waals surface area (Å²) in [6, 6.07) is 4.99. The van der Waals surface area contributed by atoms with E-state index in [0.717, 1.165) is 5.56 Å². The molecular weight excluding hydrogens is 268 g/mol. The molecule has 5 nitrogen and oxygen atoms in total. The Hall–Kier alpha value is -2.82. The van der Waals surface area contributed by atoms with Crippen molar-refractivity contribution in [2.75, 3.05) is 5.73 Å². The van der Waals surface area contributed by atoms with Crippen LogP contribution in [0, 0.1) is 0 Å². The summed E-state index contributed by atoms with van der Waals surface area (Å²) in [5, 5.41) is 0. The quantitative estimate of drug-likeness (QED) is 0.385. The Morgan fingerprint density at radius 1 is 1.33 bits per heavy atom. The van der Waals surface area contributed by atoms with Crippen molar-refractivity contribution in [3.63, 3.8) is 0 Å². The first-order valence-electron chi connectivity index (χ1n) is 6.39. The third kappa shape index (κ3) is 2.72. The predicted octanol–water partition coefficient (Wildman–Crippen LogP) is 2.44. The second-order valence-corrected chi connectivity index (χ2v) is 4.71. The van der Waals surface area contributed by atoms with Gasteiger partial charge in [0.1, 0.15) is 0 Å². The summed E-state index contributed by atoms with van der Waals surface area (Å²) in [4.78, 5) is 22.5. The lowest BCUT2D eigenvalue weighted by Crippen LogP contribution is -2.25. The number of ether oxygens (including phenoxy) is 1. The number of carbonyl (C=O) groups is 2. The fourth-order valence-electron chi connectivity index (χ4n) is 2.39. The molecule has 1 aromatic rings. The van der Waals surface area contributed by atoms with Gasteiger partial charge in [-0.05, 0) is 18.1 Å². The van der Waals surface area contributed by atoms with Crippen molar-refractivity contribution in [3.05, 3.63) is 66.3 Å². The zero-order valence-electron chi connectivity index (χ0n) is 11.4. The highest BCUT2D eigenvalue weighted by molar-refractivity contribution is 6.00. The van der Waals surface area contributed by atoms with Gasteiger partial charge in [-0.15, -0.1) is 6.58 Å². The number of amides is 1. The van der Waals surface area contributed by atoms with Gasteiger partial charge in [-0.25, -0.2) is 9.59 Å². The molecule has 0 bridgehead atoms. The summed E-state index contributed by atoms with van der Waals surface area (Å²) in [5.41, 5.74) is 11.6. The lowest BCUT2D eigenvalue weighted by Gasteiger charge is -2.30. The molecule has 1 atom stereocenters. The van der Waals surface area contributed by atoms with E-state index in [0.29, 0.717) is 6.42 Å². The van der Waals surface area contributed by atoms with Crippen LogP contribution in [0.5, 0.6) is 0 Å². The SMILES string of the molecule is C=C[C@@]1(c2cccc(C(=O)OC(N)=O)c2N)C=CC=CC1. The minimum atomic E-state index is -1.16. The number of anilines is 1. The van der Waals surface area contributed by atoms with Gasteiger partial charge in [0, 0.05) is 5.41 Å². The lowest BCUT2D eigenvalue weighted by atomic mass is 9.74. The highest BCUT2D eigenvalue weighted by atomic mass is 16.6. The third-order valence-corrected chi connectivity index (χ3v) is 3.48. The van der Waals surface area contributed by atoms with E-state index < -0.39 is 17.5 Å². The lowest BCUT2D eigenvalue weighted by molar-refractivity contribution is 0.0639. The summed E-state index contributed by atoms with van der Waals surface area (Å²) < 4.78 is 4.39. The molecule has 4 N–H and O–H groups in total. The van der Waals surface area contributed by atoms with Gasteiger partial charge in [0.05, 0.1) is 11.3 Å². The average molecular weight is 284 g/mol. The van der Waals surface area contributed by atoms with Gasteiger partial charge in [0.25, 0.3) is 0 Å². The van der Waals surface area contributed by atoms with Crippen LogP contribution < -0.4 is 11.5 Å². The van der Waals surface area contributed by atoms with E-state index in [2.05, 4.69) is 11.3 Å². The summed E-state index contributed by atoms with van der Waals surface area (Å²) in [7, 11) is 0. The van der Waals surface area contributed by atoms with E-state index in [1.807, 2.05) is 30.4 Å². The van der Waals surface area contributed by atoms with Crippen molar-refractivity contribution in [2.24, 2.45) is 5.73 Å². The van der Waals surface area contributed by atoms with Crippen LogP contribution in [0.2, 0.25) is 0 Å². The number of para-hydroxylation sites is 1. The van der Waals surface area contributed by atoms with Crippen LogP contribution in [0.15, 0.2) is 55.2 Å². The summed E-state index contributed by atoms with van der Waals surface area (Å²) in [6.45, 7) is 3.87. The number of hydrogen-bond donors (Lipinski definition) is 2. The number of allylic oxidation sites excluding steroid dienone is 5. The molecule has 0 saturated heterocycles. The fourth-order valence-corrected chi connectivity index (χ4v) is 2.39. The molecule has 0 aromatic heterocycles. The largest absolute Gasteiger partial charge is 0.412 e. The van der Waals surface area contributed by atoms with Crippen molar-refractivity contribution in [2.45, 2.75) is 11.8 Å². The first-order valence-corrected chi connectivity index (χ1v) is 6.39. The maximum atomic E-state index is 11.8. The van der Waals surface area contributed by atoms with Gasteiger partial charge >= 0.3 is 12.1 Å². The number of hydrogen-bond acceptors (Lipinski definition) is 4. The van der Waals surface area contributed by atoms with Crippen molar-refractivity contribution in [1.82, 2.24) is 0 Å². The topological polar surface area (TPSA) is 95.4 Å². The summed E-state index contributed by atoms with van der Waals surface area (Å²) in [6.07, 6.45) is 9.10. The molecular formula is C16H16N2O3. The van der Waals surface area contributed by atoms with Crippen molar-refractivity contribution in [3.8, 4) is 0 Å². The molecule has 21 heavy (non-hydrogen) atoms. The Labute approximate surface area is 122 Å². The van der Waals surface area contributed by atoms with E-state index in [1.165, 1.54) is 6.07 Å². The normalized spacial score (nSPS) is 20.0. The molecule has 108 valence electrons. The van der Waals surface area contributed by atoms with E-state index in [4.69, 9.17) is 11.5 Å². The number of nitrogens with two attached hydrogens (primary N) is 2. The minimum Gasteiger partial charge on any atom is -0.398 e. The third-order valence-electron chi connectivity index (χ3n) is 3.48. The molecule has 1 aromatic carbocycles. The highest BCUT2D eigenvalue weighted by Gasteiger charge is 2.30. The number of primary amides is 1. The molecule has 0 radical (unpaired) electrons. The van der Waals surface area contributed by atoms with Crippen LogP contribution in [-0.4, -0.2) is 12.1 Å². The Balaban J connectivity index is 2.49. The van der Waals surface area contributed by atoms with E-state index in [-0.39, 0.29) is 11.3 Å². The minimum absolute atomic E-state index is 0.107. The van der Waals surface area contributed by atoms with Gasteiger partial charge in [-0.1, -0.05) is 42.5 Å². The Kier molecular flexibility index (Phi) is 3.93. The number of benzene rings is 1. The maximum absolute atomic E-state index is 11.8. The van der Waals surface area contributed by atoms with Crippen molar-refractivity contribution >= 4 is 17.7 Å². The van der Waals surface area contributed by atoms with Crippen LogP contribution in [0.4, 0.5) is 10.5 Å².